The number of rotatable bonds is 5. The lowest BCUT2D eigenvalue weighted by atomic mass is 9.90. The van der Waals surface area contributed by atoms with Crippen LogP contribution in [-0.4, -0.2) is 65.4 Å². The number of fused-ring (bicyclic) bond motifs is 1. The van der Waals surface area contributed by atoms with E-state index in [2.05, 4.69) is 0 Å². The van der Waals surface area contributed by atoms with Gasteiger partial charge in [-0.05, 0) is 18.4 Å². The maximum atomic E-state index is 13.1. The number of nitro groups is 1. The molecule has 1 amide bonds. The molecule has 11 nitrogen and oxygen atoms in total. The number of non-ortho nitro benzene ring substituents is 1. The topological polar surface area (TPSA) is 132 Å². The molecular formula is C23H26N4O7. The van der Waals surface area contributed by atoms with Crippen molar-refractivity contribution in [3.8, 4) is 0 Å². The van der Waals surface area contributed by atoms with Crippen LogP contribution in [0.5, 0.6) is 0 Å². The van der Waals surface area contributed by atoms with Gasteiger partial charge in [-0.25, -0.2) is 14.6 Å². The van der Waals surface area contributed by atoms with Gasteiger partial charge in [0.2, 0.25) is 5.91 Å². The molecule has 0 N–H and O–H groups in total. The van der Waals surface area contributed by atoms with Gasteiger partial charge in [-0.3, -0.25) is 19.9 Å². The summed E-state index contributed by atoms with van der Waals surface area (Å²) in [6.45, 7) is 0.277. The van der Waals surface area contributed by atoms with Gasteiger partial charge in [0.1, 0.15) is 5.57 Å². The molecule has 4 rings (SSSR count). The van der Waals surface area contributed by atoms with Gasteiger partial charge in [-0.1, -0.05) is 31.4 Å². The van der Waals surface area contributed by atoms with E-state index >= 15 is 0 Å². The molecule has 11 heteroatoms. The summed E-state index contributed by atoms with van der Waals surface area (Å²) >= 11 is 0. The third-order valence-electron chi connectivity index (χ3n) is 6.41. The van der Waals surface area contributed by atoms with E-state index in [4.69, 9.17) is 14.5 Å². The number of hydrazine groups is 1. The van der Waals surface area contributed by atoms with Gasteiger partial charge in [0, 0.05) is 25.1 Å². The lowest BCUT2D eigenvalue weighted by molar-refractivity contribution is -0.384. The van der Waals surface area contributed by atoms with E-state index in [-0.39, 0.29) is 47.6 Å². The molecule has 1 atom stereocenters. The highest BCUT2D eigenvalue weighted by Gasteiger charge is 2.50. The Morgan fingerprint density at radius 3 is 2.29 bits per heavy atom. The van der Waals surface area contributed by atoms with Crippen molar-refractivity contribution in [1.29, 1.82) is 0 Å². The zero-order valence-corrected chi connectivity index (χ0v) is 19.1. The Morgan fingerprint density at radius 1 is 1.06 bits per heavy atom. The summed E-state index contributed by atoms with van der Waals surface area (Å²) in [6.07, 6.45) is 4.89. The number of carbonyl (C=O) groups is 3. The van der Waals surface area contributed by atoms with Crippen LogP contribution in [0.1, 0.15) is 50.1 Å². The number of benzene rings is 1. The number of ether oxygens (including phenoxy) is 2. The molecule has 1 aromatic carbocycles. The van der Waals surface area contributed by atoms with Crippen LogP contribution in [-0.2, 0) is 23.9 Å². The second kappa shape index (κ2) is 9.72. The van der Waals surface area contributed by atoms with E-state index in [1.165, 1.54) is 43.5 Å². The monoisotopic (exact) mass is 470 g/mol. The molecule has 3 aliphatic rings. The number of carbonyl (C=O) groups excluding carboxylic acids is 3. The molecule has 180 valence electrons. The van der Waals surface area contributed by atoms with Gasteiger partial charge >= 0.3 is 11.9 Å². The number of esters is 2. The smallest absolute Gasteiger partial charge is 0.342 e. The van der Waals surface area contributed by atoms with Crippen LogP contribution in [0, 0.1) is 10.1 Å². The maximum Gasteiger partial charge on any atom is 0.342 e. The van der Waals surface area contributed by atoms with Crippen LogP contribution >= 0.6 is 0 Å². The third-order valence-corrected chi connectivity index (χ3v) is 6.41. The first-order valence-corrected chi connectivity index (χ1v) is 11.2. The first kappa shape index (κ1) is 23.6. The SMILES string of the molecule is COC(=O)C1=C(C(=O)OC)C(c2ccc([N+](=O)[O-])cc2)N2CCC(=O)N2C1=NC1CCCCC1. The molecule has 2 fully saturated rings. The molecule has 1 unspecified atom stereocenters. The molecule has 34 heavy (non-hydrogen) atoms. The Morgan fingerprint density at radius 2 is 1.71 bits per heavy atom. The number of methoxy groups -OCH3 is 2. The normalized spacial score (nSPS) is 22.6. The second-order valence-corrected chi connectivity index (χ2v) is 8.39. The molecular weight excluding hydrogens is 444 g/mol. The molecule has 1 aliphatic carbocycles. The highest BCUT2D eigenvalue weighted by atomic mass is 16.6. The first-order valence-electron chi connectivity index (χ1n) is 11.2. The first-order chi connectivity index (χ1) is 16.4. The van der Waals surface area contributed by atoms with E-state index in [1.54, 1.807) is 5.01 Å². The van der Waals surface area contributed by atoms with E-state index in [0.717, 1.165) is 32.1 Å². The largest absolute Gasteiger partial charge is 0.466 e. The predicted octanol–water partition coefficient (Wildman–Crippen LogP) is 2.47. The van der Waals surface area contributed by atoms with Crippen LogP contribution < -0.4 is 0 Å². The fourth-order valence-electron chi connectivity index (χ4n) is 4.80. The Kier molecular flexibility index (Phi) is 6.73. The standard InChI is InChI=1S/C23H26N4O7/c1-33-22(29)18-19(23(30)34-2)21(24-15-6-4-3-5-7-15)26-17(28)12-13-25(26)20(18)14-8-10-16(11-9-14)27(31)32/h8-11,15,20H,3-7,12-13H2,1-2H3. The summed E-state index contributed by atoms with van der Waals surface area (Å²) in [6, 6.07) is 4.66. The fraction of sp³-hybridized carbons (Fsp3) is 0.478. The van der Waals surface area contributed by atoms with Crippen molar-refractivity contribution in [2.24, 2.45) is 4.99 Å². The highest BCUT2D eigenvalue weighted by molar-refractivity contribution is 6.26. The minimum Gasteiger partial charge on any atom is -0.466 e. The van der Waals surface area contributed by atoms with Crippen molar-refractivity contribution in [2.75, 3.05) is 20.8 Å². The fourth-order valence-corrected chi connectivity index (χ4v) is 4.80. The number of hydrogen-bond donors (Lipinski definition) is 0. The van der Waals surface area contributed by atoms with Gasteiger partial charge in [0.05, 0.1) is 36.8 Å². The number of nitro benzene ring substituents is 1. The van der Waals surface area contributed by atoms with Crippen molar-refractivity contribution >= 4 is 29.4 Å². The van der Waals surface area contributed by atoms with Gasteiger partial charge in [-0.15, -0.1) is 0 Å². The van der Waals surface area contributed by atoms with Crippen molar-refractivity contribution in [2.45, 2.75) is 50.6 Å². The van der Waals surface area contributed by atoms with Crippen molar-refractivity contribution in [3.05, 3.63) is 51.1 Å². The van der Waals surface area contributed by atoms with Gasteiger partial charge < -0.3 is 9.47 Å². The van der Waals surface area contributed by atoms with E-state index < -0.39 is 22.9 Å². The van der Waals surface area contributed by atoms with Crippen molar-refractivity contribution in [3.63, 3.8) is 0 Å². The molecule has 1 aromatic rings. The molecule has 0 spiro atoms. The molecule has 0 bridgehead atoms. The van der Waals surface area contributed by atoms with E-state index in [9.17, 15) is 24.5 Å². The average molecular weight is 470 g/mol. The molecule has 0 aromatic heterocycles. The summed E-state index contributed by atoms with van der Waals surface area (Å²) in [5.41, 5.74) is 0.243. The number of amides is 1. The number of nitrogens with zero attached hydrogens (tertiary/aromatic N) is 4. The Bertz CT molecular complexity index is 1070. The van der Waals surface area contributed by atoms with E-state index in [0.29, 0.717) is 5.56 Å². The van der Waals surface area contributed by atoms with Gasteiger partial charge in [0.15, 0.2) is 5.84 Å². The van der Waals surface area contributed by atoms with Crippen LogP contribution in [0.25, 0.3) is 0 Å². The van der Waals surface area contributed by atoms with Gasteiger partial charge in [0.25, 0.3) is 5.69 Å². The zero-order chi connectivity index (χ0) is 24.4. The van der Waals surface area contributed by atoms with E-state index in [1.807, 2.05) is 0 Å². The highest BCUT2D eigenvalue weighted by Crippen LogP contribution is 2.41. The summed E-state index contributed by atoms with van der Waals surface area (Å²) < 4.78 is 10.1. The summed E-state index contributed by atoms with van der Waals surface area (Å²) in [5, 5.41) is 14.2. The second-order valence-electron chi connectivity index (χ2n) is 8.39. The Hall–Kier alpha value is -3.60. The molecule has 0 radical (unpaired) electrons. The lowest BCUT2D eigenvalue weighted by Crippen LogP contribution is -2.53. The minimum atomic E-state index is -0.890. The third kappa shape index (κ3) is 4.18. The Balaban J connectivity index is 1.95. The molecule has 1 saturated carbocycles. The number of aliphatic imine (C=N–C) groups is 1. The Labute approximate surface area is 196 Å². The van der Waals surface area contributed by atoms with Crippen LogP contribution in [0.2, 0.25) is 0 Å². The van der Waals surface area contributed by atoms with Crippen molar-refractivity contribution < 1.29 is 28.8 Å². The summed E-state index contributed by atoms with van der Waals surface area (Å²) in [7, 11) is 2.40. The quantitative estimate of drug-likeness (QED) is 0.364. The van der Waals surface area contributed by atoms with Crippen LogP contribution in [0.15, 0.2) is 40.4 Å². The minimum absolute atomic E-state index is 0.0105. The molecule has 2 heterocycles. The summed E-state index contributed by atoms with van der Waals surface area (Å²) in [5.74, 6) is -1.73. The molecule has 2 aliphatic heterocycles. The lowest BCUT2D eigenvalue weighted by Gasteiger charge is -2.41. The average Bonchev–Trinajstić information content (AvgIpc) is 3.24. The maximum absolute atomic E-state index is 13.1. The van der Waals surface area contributed by atoms with Crippen LogP contribution in [0.4, 0.5) is 5.69 Å². The van der Waals surface area contributed by atoms with Gasteiger partial charge in [-0.2, -0.15) is 5.01 Å². The number of hydrogen-bond acceptors (Lipinski definition) is 9. The van der Waals surface area contributed by atoms with Crippen LogP contribution in [0.3, 0.4) is 0 Å². The zero-order valence-electron chi connectivity index (χ0n) is 19.1. The number of amidine groups is 1. The molecule has 1 saturated heterocycles. The summed E-state index contributed by atoms with van der Waals surface area (Å²) in [4.78, 5) is 54.5. The predicted molar refractivity (Wildman–Crippen MR) is 119 cm³/mol. The van der Waals surface area contributed by atoms with Crippen molar-refractivity contribution in [1.82, 2.24) is 10.0 Å².